The highest BCUT2D eigenvalue weighted by atomic mass is 19.4. The minimum atomic E-state index is -4.47. The molecule has 2 heterocycles. The molecule has 10 heteroatoms. The van der Waals surface area contributed by atoms with Crippen LogP contribution in [0.15, 0.2) is 30.5 Å². The smallest absolute Gasteiger partial charge is 0.422 e. The maximum atomic E-state index is 14.3. The Morgan fingerprint density at radius 2 is 1.97 bits per heavy atom. The van der Waals surface area contributed by atoms with E-state index in [1.54, 1.807) is 0 Å². The van der Waals surface area contributed by atoms with Gasteiger partial charge in [0.2, 0.25) is 5.88 Å². The van der Waals surface area contributed by atoms with Crippen LogP contribution in [0.1, 0.15) is 28.8 Å². The van der Waals surface area contributed by atoms with Crippen molar-refractivity contribution in [3.63, 3.8) is 0 Å². The topological polar surface area (TPSA) is 68.7 Å². The molecule has 0 saturated carbocycles. The molecule has 1 aliphatic carbocycles. The quantitative estimate of drug-likeness (QED) is 0.688. The predicted molar refractivity (Wildman–Crippen MR) is 96.2 cm³/mol. The zero-order chi connectivity index (χ0) is 21.5. The lowest BCUT2D eigenvalue weighted by molar-refractivity contribution is -0.154. The molecule has 1 aliphatic heterocycles. The van der Waals surface area contributed by atoms with E-state index in [-0.39, 0.29) is 30.4 Å². The first-order valence-electron chi connectivity index (χ1n) is 9.20. The maximum Gasteiger partial charge on any atom is 0.422 e. The van der Waals surface area contributed by atoms with Crippen LogP contribution < -0.4 is 14.4 Å². The van der Waals surface area contributed by atoms with Gasteiger partial charge in [0.15, 0.2) is 18.5 Å². The van der Waals surface area contributed by atoms with Crippen LogP contribution in [0.25, 0.3) is 0 Å². The summed E-state index contributed by atoms with van der Waals surface area (Å²) in [7, 11) is 0. The molecule has 1 aromatic carbocycles. The van der Waals surface area contributed by atoms with Gasteiger partial charge < -0.3 is 14.4 Å². The van der Waals surface area contributed by atoms with Crippen LogP contribution >= 0.6 is 0 Å². The van der Waals surface area contributed by atoms with Crippen LogP contribution in [-0.2, 0) is 11.2 Å². The van der Waals surface area contributed by atoms with Crippen molar-refractivity contribution in [2.75, 3.05) is 18.1 Å². The number of hydrogen-bond acceptors (Lipinski definition) is 5. The molecule has 0 bridgehead atoms. The average Bonchev–Trinajstić information content (AvgIpc) is 3.24. The Hall–Kier alpha value is -3.17. The van der Waals surface area contributed by atoms with Crippen LogP contribution in [0.2, 0.25) is 0 Å². The van der Waals surface area contributed by atoms with Crippen LogP contribution in [0.3, 0.4) is 0 Å². The van der Waals surface area contributed by atoms with E-state index in [1.807, 2.05) is 0 Å². The first-order valence-corrected chi connectivity index (χ1v) is 9.20. The molecular weight excluding hydrogens is 408 g/mol. The van der Waals surface area contributed by atoms with E-state index < -0.39 is 30.6 Å². The number of nitrogens with zero attached hydrogens (tertiary/aromatic N) is 2. The van der Waals surface area contributed by atoms with Crippen LogP contribution in [0, 0.1) is 5.82 Å². The number of ketones is 1. The van der Waals surface area contributed by atoms with Crippen molar-refractivity contribution in [2.24, 2.45) is 0 Å². The third kappa shape index (κ3) is 4.07. The molecule has 0 N–H and O–H groups in total. The molecule has 0 spiro atoms. The number of hydrogen-bond donors (Lipinski definition) is 0. The fourth-order valence-corrected chi connectivity index (χ4v) is 3.52. The van der Waals surface area contributed by atoms with Crippen LogP contribution in [0.4, 0.5) is 23.2 Å². The van der Waals surface area contributed by atoms with E-state index in [1.165, 1.54) is 29.2 Å². The van der Waals surface area contributed by atoms with Gasteiger partial charge in [0.1, 0.15) is 11.6 Å². The van der Waals surface area contributed by atoms with Gasteiger partial charge in [-0.25, -0.2) is 9.37 Å². The lowest BCUT2D eigenvalue weighted by atomic mass is 10.1. The lowest BCUT2D eigenvalue weighted by Gasteiger charge is -2.18. The van der Waals surface area contributed by atoms with Gasteiger partial charge in [-0.15, -0.1) is 0 Å². The summed E-state index contributed by atoms with van der Waals surface area (Å²) in [5.41, 5.74) is 0.981. The summed E-state index contributed by atoms with van der Waals surface area (Å²) in [6.45, 7) is -1.19. The monoisotopic (exact) mass is 424 g/mol. The number of amides is 1. The Balaban J connectivity index is 1.42. The second-order valence-electron chi connectivity index (χ2n) is 7.00. The van der Waals surface area contributed by atoms with Crippen molar-refractivity contribution < 1.29 is 36.6 Å². The van der Waals surface area contributed by atoms with Crippen molar-refractivity contribution >= 4 is 17.4 Å². The van der Waals surface area contributed by atoms with E-state index >= 15 is 0 Å². The van der Waals surface area contributed by atoms with E-state index in [2.05, 4.69) is 9.72 Å². The zero-order valence-corrected chi connectivity index (χ0v) is 15.5. The van der Waals surface area contributed by atoms with Crippen LogP contribution in [-0.4, -0.2) is 42.1 Å². The average molecular weight is 424 g/mol. The number of carbonyl (C=O) groups excluding carboxylic acids is 2. The molecule has 4 rings (SSSR count). The number of Topliss-reactive ketones (excluding diaryl/α,β-unsaturated/α-hetero) is 1. The molecule has 0 radical (unpaired) electrons. The van der Waals surface area contributed by atoms with Gasteiger partial charge in [-0.1, -0.05) is 0 Å². The molecule has 1 saturated heterocycles. The number of benzene rings is 1. The van der Waals surface area contributed by atoms with E-state index in [4.69, 9.17) is 4.74 Å². The summed E-state index contributed by atoms with van der Waals surface area (Å²) in [6, 6.07) is 5.33. The summed E-state index contributed by atoms with van der Waals surface area (Å²) in [6.07, 6.45) is -3.24. The van der Waals surface area contributed by atoms with E-state index in [9.17, 15) is 27.2 Å². The first kappa shape index (κ1) is 20.1. The number of pyridine rings is 1. The maximum absolute atomic E-state index is 14.3. The predicted octanol–water partition coefficient (Wildman–Crippen LogP) is 3.48. The second-order valence-corrected chi connectivity index (χ2v) is 7.00. The Morgan fingerprint density at radius 3 is 2.67 bits per heavy atom. The van der Waals surface area contributed by atoms with Crippen molar-refractivity contribution in [3.05, 3.63) is 47.4 Å². The number of halogens is 4. The highest BCUT2D eigenvalue weighted by molar-refractivity contribution is 6.04. The molecule has 1 aromatic heterocycles. The van der Waals surface area contributed by atoms with Gasteiger partial charge in [0, 0.05) is 36.7 Å². The Morgan fingerprint density at radius 1 is 1.17 bits per heavy atom. The number of aromatic nitrogens is 1. The number of rotatable bonds is 5. The van der Waals surface area contributed by atoms with Crippen LogP contribution in [0.5, 0.6) is 11.6 Å². The minimum absolute atomic E-state index is 0.149. The van der Waals surface area contributed by atoms with Crippen molar-refractivity contribution in [2.45, 2.75) is 31.5 Å². The van der Waals surface area contributed by atoms with E-state index in [0.717, 1.165) is 6.20 Å². The third-order valence-electron chi connectivity index (χ3n) is 4.92. The van der Waals surface area contributed by atoms with Crippen molar-refractivity contribution in [3.8, 4) is 11.6 Å². The standard InChI is InChI=1S/C20H16F4N2O4/c21-15-8-11(7-14-13(15)2-3-16(14)27)26-6-5-17(19(26)28)30-12-1-4-18(25-9-12)29-10-20(22,23)24/h1,4,7-9,17H,2-3,5-6,10H2/t17-/m1/s1. The number of ether oxygens (including phenoxy) is 2. The normalized spacial score (nSPS) is 18.7. The molecule has 1 atom stereocenters. The highest BCUT2D eigenvalue weighted by Crippen LogP contribution is 2.32. The van der Waals surface area contributed by atoms with Gasteiger partial charge in [-0.3, -0.25) is 9.59 Å². The zero-order valence-electron chi connectivity index (χ0n) is 15.5. The molecule has 2 aromatic rings. The summed E-state index contributed by atoms with van der Waals surface area (Å²) < 4.78 is 60.9. The SMILES string of the molecule is O=C1CCc2c(F)cc(N3CC[C@@H](Oc4ccc(OCC(F)(F)F)nc4)C3=O)cc21. The van der Waals surface area contributed by atoms with Gasteiger partial charge in [-0.05, 0) is 30.2 Å². The number of alkyl halides is 3. The highest BCUT2D eigenvalue weighted by Gasteiger charge is 2.36. The fraction of sp³-hybridized carbons (Fsp3) is 0.350. The van der Waals surface area contributed by atoms with Gasteiger partial charge >= 0.3 is 6.18 Å². The van der Waals surface area contributed by atoms with E-state index in [0.29, 0.717) is 29.7 Å². The molecule has 158 valence electrons. The summed E-state index contributed by atoms with van der Waals surface area (Å²) in [5, 5.41) is 0. The van der Waals surface area contributed by atoms with Gasteiger partial charge in [-0.2, -0.15) is 13.2 Å². The van der Waals surface area contributed by atoms with Crippen molar-refractivity contribution in [1.82, 2.24) is 4.98 Å². The fourth-order valence-electron chi connectivity index (χ4n) is 3.52. The molecule has 0 unspecified atom stereocenters. The summed E-state index contributed by atoms with van der Waals surface area (Å²) in [5.74, 6) is -1.10. The molecular formula is C20H16F4N2O4. The molecule has 1 fully saturated rings. The number of fused-ring (bicyclic) bond motifs is 1. The van der Waals surface area contributed by atoms with Crippen molar-refractivity contribution in [1.29, 1.82) is 0 Å². The minimum Gasteiger partial charge on any atom is -0.479 e. The molecule has 2 aliphatic rings. The Kier molecular flexibility index (Phi) is 5.08. The van der Waals surface area contributed by atoms with Gasteiger partial charge in [0.05, 0.1) is 6.20 Å². The molecule has 1 amide bonds. The largest absolute Gasteiger partial charge is 0.479 e. The first-order chi connectivity index (χ1) is 14.2. The van der Waals surface area contributed by atoms with Gasteiger partial charge in [0.25, 0.3) is 5.91 Å². The molecule has 30 heavy (non-hydrogen) atoms. The second kappa shape index (κ2) is 7.58. The lowest BCUT2D eigenvalue weighted by Crippen LogP contribution is -2.32. The Bertz CT molecular complexity index is 992. The molecule has 6 nitrogen and oxygen atoms in total. The third-order valence-corrected chi connectivity index (χ3v) is 4.92. The number of carbonyl (C=O) groups is 2. The Labute approximate surface area is 168 Å². The summed E-state index contributed by atoms with van der Waals surface area (Å²) in [4.78, 5) is 29.7. The summed E-state index contributed by atoms with van der Waals surface area (Å²) >= 11 is 0. The number of anilines is 1.